The van der Waals surface area contributed by atoms with Gasteiger partial charge in [-0.05, 0) is 31.0 Å². The van der Waals surface area contributed by atoms with E-state index in [2.05, 4.69) is 5.32 Å². The number of amides is 1. The van der Waals surface area contributed by atoms with Gasteiger partial charge in [0.2, 0.25) is 5.91 Å². The third-order valence-electron chi connectivity index (χ3n) is 3.89. The van der Waals surface area contributed by atoms with Crippen molar-refractivity contribution in [1.29, 1.82) is 0 Å². The number of benzene rings is 1. The fourth-order valence-electron chi connectivity index (χ4n) is 2.60. The Balaban J connectivity index is 1.81. The Kier molecular flexibility index (Phi) is 5.59. The average molecular weight is 313 g/mol. The molecule has 1 aliphatic heterocycles. The number of likely N-dealkylation sites (tertiary alicyclic amines) is 1. The lowest BCUT2D eigenvalue weighted by Gasteiger charge is -2.33. The summed E-state index contributed by atoms with van der Waals surface area (Å²) < 4.78 is 13.6. The molecule has 1 saturated heterocycles. The molecule has 0 aromatic heterocycles. The van der Waals surface area contributed by atoms with Crippen molar-refractivity contribution in [2.24, 2.45) is 5.92 Å². The maximum atomic E-state index is 13.6. The van der Waals surface area contributed by atoms with Crippen molar-refractivity contribution in [3.63, 3.8) is 0 Å². The second-order valence-corrected chi connectivity index (χ2v) is 6.31. The Morgan fingerprint density at radius 1 is 1.43 bits per heavy atom. The molecule has 0 spiro atoms. The standard InChI is InChI=1S/C16H22ClFN2O/c1-11(2)16(21)20-7-5-14(6-8-20)19-10-12-9-13(17)3-4-15(12)18/h3-4,9,11,14,19H,5-8,10H2,1-2H3. The van der Waals surface area contributed by atoms with Gasteiger partial charge in [-0.2, -0.15) is 0 Å². The molecule has 1 aromatic rings. The lowest BCUT2D eigenvalue weighted by Crippen LogP contribution is -2.46. The van der Waals surface area contributed by atoms with Gasteiger partial charge < -0.3 is 10.2 Å². The van der Waals surface area contributed by atoms with Crippen LogP contribution in [0.15, 0.2) is 18.2 Å². The lowest BCUT2D eigenvalue weighted by molar-refractivity contribution is -0.135. The number of nitrogens with one attached hydrogen (secondary N) is 1. The van der Waals surface area contributed by atoms with Crippen molar-refractivity contribution < 1.29 is 9.18 Å². The van der Waals surface area contributed by atoms with Crippen molar-refractivity contribution in [2.75, 3.05) is 13.1 Å². The van der Waals surface area contributed by atoms with Crippen molar-refractivity contribution in [1.82, 2.24) is 10.2 Å². The fraction of sp³-hybridized carbons (Fsp3) is 0.562. The predicted octanol–water partition coefficient (Wildman–Crippen LogP) is 3.22. The van der Waals surface area contributed by atoms with Crippen LogP contribution in [0.25, 0.3) is 0 Å². The van der Waals surface area contributed by atoms with Crippen molar-refractivity contribution in [3.8, 4) is 0 Å². The van der Waals surface area contributed by atoms with E-state index in [-0.39, 0.29) is 17.6 Å². The number of hydrogen-bond acceptors (Lipinski definition) is 2. The molecule has 116 valence electrons. The van der Waals surface area contributed by atoms with E-state index in [1.54, 1.807) is 12.1 Å². The second-order valence-electron chi connectivity index (χ2n) is 5.87. The Labute approximate surface area is 130 Å². The van der Waals surface area contributed by atoms with Crippen LogP contribution in [0.3, 0.4) is 0 Å². The van der Waals surface area contributed by atoms with Gasteiger partial charge in [-0.15, -0.1) is 0 Å². The average Bonchev–Trinajstić information content (AvgIpc) is 2.48. The van der Waals surface area contributed by atoms with Gasteiger partial charge in [-0.3, -0.25) is 4.79 Å². The van der Waals surface area contributed by atoms with E-state index >= 15 is 0 Å². The Morgan fingerprint density at radius 3 is 2.71 bits per heavy atom. The third kappa shape index (κ3) is 4.42. The van der Waals surface area contributed by atoms with Crippen LogP contribution in [0.1, 0.15) is 32.3 Å². The molecule has 0 bridgehead atoms. The molecule has 1 heterocycles. The third-order valence-corrected chi connectivity index (χ3v) is 4.12. The summed E-state index contributed by atoms with van der Waals surface area (Å²) >= 11 is 5.88. The minimum Gasteiger partial charge on any atom is -0.342 e. The largest absolute Gasteiger partial charge is 0.342 e. The van der Waals surface area contributed by atoms with E-state index in [0.717, 1.165) is 25.9 Å². The van der Waals surface area contributed by atoms with Gasteiger partial charge in [0.15, 0.2) is 0 Å². The number of carbonyl (C=O) groups excluding carboxylic acids is 1. The molecular formula is C16H22ClFN2O. The van der Waals surface area contributed by atoms with E-state index in [9.17, 15) is 9.18 Å². The molecule has 0 radical (unpaired) electrons. The summed E-state index contributed by atoms with van der Waals surface area (Å²) in [5.41, 5.74) is 0.586. The Morgan fingerprint density at radius 2 is 2.10 bits per heavy atom. The van der Waals surface area contributed by atoms with Crippen molar-refractivity contribution in [3.05, 3.63) is 34.6 Å². The maximum absolute atomic E-state index is 13.6. The highest BCUT2D eigenvalue weighted by Crippen LogP contribution is 2.17. The van der Waals surface area contributed by atoms with Gasteiger partial charge in [0.1, 0.15) is 5.82 Å². The highest BCUT2D eigenvalue weighted by atomic mass is 35.5. The van der Waals surface area contributed by atoms with Crippen LogP contribution in [0, 0.1) is 11.7 Å². The molecule has 2 rings (SSSR count). The number of carbonyl (C=O) groups is 1. The van der Waals surface area contributed by atoms with E-state index < -0.39 is 0 Å². The van der Waals surface area contributed by atoms with Gasteiger partial charge in [-0.25, -0.2) is 4.39 Å². The molecule has 3 nitrogen and oxygen atoms in total. The van der Waals surface area contributed by atoms with Crippen molar-refractivity contribution >= 4 is 17.5 Å². The Hall–Kier alpha value is -1.13. The zero-order chi connectivity index (χ0) is 15.4. The van der Waals surface area contributed by atoms with Gasteiger partial charge >= 0.3 is 0 Å². The molecule has 1 aliphatic rings. The zero-order valence-electron chi connectivity index (χ0n) is 12.5. The Bertz CT molecular complexity index is 499. The van der Waals surface area contributed by atoms with Crippen molar-refractivity contribution in [2.45, 2.75) is 39.3 Å². The number of halogens is 2. The van der Waals surface area contributed by atoms with Gasteiger partial charge in [0.05, 0.1) is 0 Å². The van der Waals surface area contributed by atoms with Crippen LogP contribution in [0.5, 0.6) is 0 Å². The summed E-state index contributed by atoms with van der Waals surface area (Å²) in [6, 6.07) is 4.92. The second kappa shape index (κ2) is 7.23. The monoisotopic (exact) mass is 312 g/mol. The number of hydrogen-bond donors (Lipinski definition) is 1. The number of nitrogens with zero attached hydrogens (tertiary/aromatic N) is 1. The summed E-state index contributed by atoms with van der Waals surface area (Å²) in [4.78, 5) is 13.8. The quantitative estimate of drug-likeness (QED) is 0.926. The molecule has 1 N–H and O–H groups in total. The molecule has 1 aromatic carbocycles. The van der Waals surface area contributed by atoms with Gasteiger partial charge in [0, 0.05) is 42.2 Å². The number of piperidine rings is 1. The molecular weight excluding hydrogens is 291 g/mol. The summed E-state index contributed by atoms with van der Waals surface area (Å²) in [7, 11) is 0. The first-order chi connectivity index (χ1) is 9.97. The smallest absolute Gasteiger partial charge is 0.225 e. The predicted molar refractivity (Wildman–Crippen MR) is 82.7 cm³/mol. The number of rotatable bonds is 4. The maximum Gasteiger partial charge on any atom is 0.225 e. The first kappa shape index (κ1) is 16.2. The van der Waals surface area contributed by atoms with Gasteiger partial charge in [-0.1, -0.05) is 25.4 Å². The van der Waals surface area contributed by atoms with E-state index in [0.29, 0.717) is 23.2 Å². The molecule has 21 heavy (non-hydrogen) atoms. The summed E-state index contributed by atoms with van der Waals surface area (Å²) in [5.74, 6) is 0.0312. The van der Waals surface area contributed by atoms with Gasteiger partial charge in [0.25, 0.3) is 0 Å². The zero-order valence-corrected chi connectivity index (χ0v) is 13.3. The van der Waals surface area contributed by atoms with E-state index in [4.69, 9.17) is 11.6 Å². The van der Waals surface area contributed by atoms with E-state index in [1.807, 2.05) is 18.7 Å². The summed E-state index contributed by atoms with van der Waals surface area (Å²) in [6.45, 7) is 5.86. The fourth-order valence-corrected chi connectivity index (χ4v) is 2.80. The van der Waals surface area contributed by atoms with Crippen LogP contribution in [-0.2, 0) is 11.3 Å². The van der Waals surface area contributed by atoms with E-state index in [1.165, 1.54) is 6.07 Å². The van der Waals surface area contributed by atoms with Crippen LogP contribution in [-0.4, -0.2) is 29.9 Å². The van der Waals surface area contributed by atoms with Crippen LogP contribution >= 0.6 is 11.6 Å². The molecule has 1 fully saturated rings. The highest BCUT2D eigenvalue weighted by molar-refractivity contribution is 6.30. The molecule has 5 heteroatoms. The highest BCUT2D eigenvalue weighted by Gasteiger charge is 2.23. The molecule has 0 saturated carbocycles. The SMILES string of the molecule is CC(C)C(=O)N1CCC(NCc2cc(Cl)ccc2F)CC1. The first-order valence-electron chi connectivity index (χ1n) is 7.43. The minimum absolute atomic E-state index is 0.0510. The van der Waals surface area contributed by atoms with Crippen LogP contribution in [0.4, 0.5) is 4.39 Å². The molecule has 0 aliphatic carbocycles. The summed E-state index contributed by atoms with van der Waals surface area (Å²) in [5, 5.41) is 3.90. The minimum atomic E-state index is -0.237. The van der Waals surface area contributed by atoms with Crippen LogP contribution < -0.4 is 5.32 Å². The normalized spacial score (nSPS) is 16.5. The van der Waals surface area contributed by atoms with Crippen LogP contribution in [0.2, 0.25) is 5.02 Å². The topological polar surface area (TPSA) is 32.3 Å². The first-order valence-corrected chi connectivity index (χ1v) is 7.81. The molecule has 0 atom stereocenters. The summed E-state index contributed by atoms with van der Waals surface area (Å²) in [6.07, 6.45) is 1.81. The molecule has 1 amide bonds. The lowest BCUT2D eigenvalue weighted by atomic mass is 10.0. The molecule has 0 unspecified atom stereocenters.